The molecule has 0 aromatic heterocycles. The van der Waals surface area contributed by atoms with Gasteiger partial charge in [-0.2, -0.15) is 11.8 Å². The molecule has 0 radical (unpaired) electrons. The molecule has 0 aliphatic carbocycles. The van der Waals surface area contributed by atoms with Gasteiger partial charge in [0.1, 0.15) is 0 Å². The van der Waals surface area contributed by atoms with Crippen molar-refractivity contribution in [2.45, 2.75) is 33.2 Å². The fraction of sp³-hybridized carbons (Fsp3) is 0.500. The molecule has 1 atom stereocenters. The van der Waals surface area contributed by atoms with Crippen LogP contribution in [0.25, 0.3) is 0 Å². The fourth-order valence-corrected chi connectivity index (χ4v) is 2.53. The topological polar surface area (TPSA) is 55.1 Å². The molecule has 0 aliphatic heterocycles. The van der Waals surface area contributed by atoms with Gasteiger partial charge in [-0.3, -0.25) is 4.79 Å². The molecule has 0 saturated heterocycles. The number of nitrogens with one attached hydrogen (secondary N) is 1. The maximum atomic E-state index is 12.1. The largest absolute Gasteiger partial charge is 0.399 e. The molecule has 18 heavy (non-hydrogen) atoms. The number of amides is 1. The first-order chi connectivity index (χ1) is 8.54. The monoisotopic (exact) mass is 266 g/mol. The smallest absolute Gasteiger partial charge is 0.251 e. The van der Waals surface area contributed by atoms with Crippen LogP contribution in [0.2, 0.25) is 0 Å². The quantitative estimate of drug-likeness (QED) is 0.615. The predicted octanol–water partition coefficient (Wildman–Crippen LogP) is 2.84. The predicted molar refractivity (Wildman–Crippen MR) is 80.1 cm³/mol. The highest BCUT2D eigenvalue weighted by atomic mass is 32.2. The molecule has 1 amide bonds. The third-order valence-corrected chi connectivity index (χ3v) is 3.70. The van der Waals surface area contributed by atoms with Crippen molar-refractivity contribution in [3.05, 3.63) is 29.3 Å². The highest BCUT2D eigenvalue weighted by Gasteiger charge is 2.11. The molecule has 0 fully saturated rings. The Morgan fingerprint density at radius 3 is 2.83 bits per heavy atom. The number of anilines is 1. The zero-order chi connectivity index (χ0) is 13.5. The number of hydrogen-bond acceptors (Lipinski definition) is 3. The normalized spacial score (nSPS) is 12.2. The minimum Gasteiger partial charge on any atom is -0.399 e. The number of aryl methyl sites for hydroxylation is 1. The van der Waals surface area contributed by atoms with E-state index in [0.29, 0.717) is 11.3 Å². The van der Waals surface area contributed by atoms with E-state index in [0.717, 1.165) is 23.5 Å². The lowest BCUT2D eigenvalue weighted by atomic mass is 10.1. The first-order valence-corrected chi connectivity index (χ1v) is 7.44. The highest BCUT2D eigenvalue weighted by molar-refractivity contribution is 7.99. The second kappa shape index (κ2) is 7.31. The van der Waals surface area contributed by atoms with Gasteiger partial charge in [0.25, 0.3) is 5.91 Å². The van der Waals surface area contributed by atoms with E-state index in [1.54, 1.807) is 12.1 Å². The number of thioether (sulfide) groups is 1. The molecule has 3 N–H and O–H groups in total. The third-order valence-electron chi connectivity index (χ3n) is 2.77. The number of carbonyl (C=O) groups is 1. The van der Waals surface area contributed by atoms with E-state index < -0.39 is 0 Å². The van der Waals surface area contributed by atoms with Crippen LogP contribution in [0, 0.1) is 6.92 Å². The molecule has 4 heteroatoms. The molecule has 1 aromatic carbocycles. The lowest BCUT2D eigenvalue weighted by Gasteiger charge is -2.14. The van der Waals surface area contributed by atoms with E-state index in [1.807, 2.05) is 31.7 Å². The van der Waals surface area contributed by atoms with Gasteiger partial charge in [-0.15, -0.1) is 0 Å². The van der Waals surface area contributed by atoms with Gasteiger partial charge in [-0.25, -0.2) is 0 Å². The zero-order valence-electron chi connectivity index (χ0n) is 11.3. The van der Waals surface area contributed by atoms with Crippen molar-refractivity contribution in [1.29, 1.82) is 0 Å². The molecular weight excluding hydrogens is 244 g/mol. The van der Waals surface area contributed by atoms with Crippen LogP contribution in [0.4, 0.5) is 5.69 Å². The number of hydrogen-bond donors (Lipinski definition) is 2. The Balaban J connectivity index is 2.54. The van der Waals surface area contributed by atoms with Gasteiger partial charge < -0.3 is 11.1 Å². The number of carbonyl (C=O) groups excluding carboxylic acids is 1. The minimum atomic E-state index is -0.0125. The molecular formula is C14H22N2OS. The molecule has 0 aliphatic rings. The number of rotatable bonds is 6. The average Bonchev–Trinajstić information content (AvgIpc) is 2.28. The molecule has 1 rings (SSSR count). The van der Waals surface area contributed by atoms with Gasteiger partial charge in [0, 0.05) is 17.3 Å². The molecule has 0 heterocycles. The number of nitrogens with two attached hydrogens (primary N) is 1. The summed E-state index contributed by atoms with van der Waals surface area (Å²) >= 11 is 1.90. The van der Waals surface area contributed by atoms with Crippen LogP contribution in [0.5, 0.6) is 0 Å². The van der Waals surface area contributed by atoms with Crippen molar-refractivity contribution in [3.63, 3.8) is 0 Å². The van der Waals surface area contributed by atoms with Crippen LogP contribution < -0.4 is 11.1 Å². The standard InChI is InChI=1S/C14H22N2OS/c1-4-18-8-7-11(3)16-14(17)13-6-5-12(15)9-10(13)2/h5-6,9,11H,4,7-8,15H2,1-3H3,(H,16,17). The van der Waals surface area contributed by atoms with E-state index in [9.17, 15) is 4.79 Å². The van der Waals surface area contributed by atoms with Crippen molar-refractivity contribution in [1.82, 2.24) is 5.32 Å². The van der Waals surface area contributed by atoms with E-state index in [1.165, 1.54) is 0 Å². The van der Waals surface area contributed by atoms with Crippen molar-refractivity contribution in [2.24, 2.45) is 0 Å². The number of nitrogen functional groups attached to an aromatic ring is 1. The second-order valence-corrected chi connectivity index (χ2v) is 5.83. The Kier molecular flexibility index (Phi) is 6.05. The minimum absolute atomic E-state index is 0.0125. The summed E-state index contributed by atoms with van der Waals surface area (Å²) in [4.78, 5) is 12.1. The molecule has 100 valence electrons. The molecule has 0 spiro atoms. The van der Waals surface area contributed by atoms with Crippen LogP contribution in [0.15, 0.2) is 18.2 Å². The fourth-order valence-electron chi connectivity index (χ4n) is 1.72. The van der Waals surface area contributed by atoms with Gasteiger partial charge in [-0.1, -0.05) is 6.92 Å². The molecule has 1 aromatic rings. The van der Waals surface area contributed by atoms with Crippen molar-refractivity contribution in [2.75, 3.05) is 17.2 Å². The lowest BCUT2D eigenvalue weighted by molar-refractivity contribution is 0.0939. The third kappa shape index (κ3) is 4.61. The van der Waals surface area contributed by atoms with Crippen LogP contribution in [0.1, 0.15) is 36.2 Å². The molecule has 1 unspecified atom stereocenters. The van der Waals surface area contributed by atoms with E-state index in [4.69, 9.17) is 5.73 Å². The Morgan fingerprint density at radius 1 is 1.50 bits per heavy atom. The van der Waals surface area contributed by atoms with Gasteiger partial charge in [0.15, 0.2) is 0 Å². The van der Waals surface area contributed by atoms with Gasteiger partial charge >= 0.3 is 0 Å². The lowest BCUT2D eigenvalue weighted by Crippen LogP contribution is -2.33. The SMILES string of the molecule is CCSCCC(C)NC(=O)c1ccc(N)cc1C. The Hall–Kier alpha value is -1.16. The Bertz CT molecular complexity index is 407. The molecule has 0 saturated carbocycles. The summed E-state index contributed by atoms with van der Waals surface area (Å²) < 4.78 is 0. The zero-order valence-corrected chi connectivity index (χ0v) is 12.1. The van der Waals surface area contributed by atoms with Crippen LogP contribution >= 0.6 is 11.8 Å². The second-order valence-electron chi connectivity index (χ2n) is 4.43. The summed E-state index contributed by atoms with van der Waals surface area (Å²) in [7, 11) is 0. The Morgan fingerprint density at radius 2 is 2.22 bits per heavy atom. The highest BCUT2D eigenvalue weighted by Crippen LogP contribution is 2.13. The van der Waals surface area contributed by atoms with Crippen molar-refractivity contribution in [3.8, 4) is 0 Å². The van der Waals surface area contributed by atoms with Crippen LogP contribution in [-0.2, 0) is 0 Å². The first-order valence-electron chi connectivity index (χ1n) is 6.29. The van der Waals surface area contributed by atoms with Crippen molar-refractivity contribution < 1.29 is 4.79 Å². The maximum absolute atomic E-state index is 12.1. The van der Waals surface area contributed by atoms with Crippen LogP contribution in [-0.4, -0.2) is 23.5 Å². The maximum Gasteiger partial charge on any atom is 0.251 e. The summed E-state index contributed by atoms with van der Waals surface area (Å²) in [5.74, 6) is 2.19. The van der Waals surface area contributed by atoms with Crippen LogP contribution in [0.3, 0.4) is 0 Å². The van der Waals surface area contributed by atoms with Crippen molar-refractivity contribution >= 4 is 23.4 Å². The molecule has 0 bridgehead atoms. The number of benzene rings is 1. The first kappa shape index (κ1) is 14.9. The van der Waals surface area contributed by atoms with Gasteiger partial charge in [0.05, 0.1) is 0 Å². The van der Waals surface area contributed by atoms with Gasteiger partial charge in [0.2, 0.25) is 0 Å². The Labute approximate surface area is 114 Å². The summed E-state index contributed by atoms with van der Waals surface area (Å²) in [5, 5.41) is 3.02. The average molecular weight is 266 g/mol. The summed E-state index contributed by atoms with van der Waals surface area (Å²) in [6.45, 7) is 6.09. The summed E-state index contributed by atoms with van der Waals surface area (Å²) in [6.07, 6.45) is 0.998. The van der Waals surface area contributed by atoms with E-state index in [2.05, 4.69) is 12.2 Å². The summed E-state index contributed by atoms with van der Waals surface area (Å²) in [6, 6.07) is 5.58. The van der Waals surface area contributed by atoms with Gasteiger partial charge in [-0.05, 0) is 55.5 Å². The van der Waals surface area contributed by atoms with E-state index >= 15 is 0 Å². The van der Waals surface area contributed by atoms with E-state index in [-0.39, 0.29) is 11.9 Å². The summed E-state index contributed by atoms with van der Waals surface area (Å²) in [5.41, 5.74) is 7.99. The molecule has 3 nitrogen and oxygen atoms in total.